The number of carboxylic acid groups (broad SMARTS) is 1. The monoisotopic (exact) mass is 271 g/mol. The van der Waals surface area contributed by atoms with Crippen molar-refractivity contribution in [2.75, 3.05) is 18.1 Å². The van der Waals surface area contributed by atoms with E-state index in [0.29, 0.717) is 10.6 Å². The van der Waals surface area contributed by atoms with Crippen LogP contribution in [0.1, 0.15) is 23.2 Å². The quantitative estimate of drug-likeness (QED) is 0.649. The second kappa shape index (κ2) is 5.58. The van der Waals surface area contributed by atoms with Gasteiger partial charge in [-0.3, -0.25) is 0 Å². The molecule has 1 unspecified atom stereocenters. The molecular formula is C12H14FNO3S. The normalized spacial score (nSPS) is 19.1. The molecule has 0 bridgehead atoms. The number of anilines is 1. The lowest BCUT2D eigenvalue weighted by atomic mass is 10.2. The first kappa shape index (κ1) is 13.2. The summed E-state index contributed by atoms with van der Waals surface area (Å²) in [5.74, 6) is -1.01. The van der Waals surface area contributed by atoms with Crippen LogP contribution in [0.15, 0.2) is 17.0 Å². The van der Waals surface area contributed by atoms with Gasteiger partial charge in [-0.05, 0) is 25.0 Å². The van der Waals surface area contributed by atoms with Gasteiger partial charge in [0.1, 0.15) is 5.82 Å². The number of thioether (sulfide) groups is 1. The third-order valence-electron chi connectivity index (χ3n) is 2.78. The molecule has 98 valence electrons. The summed E-state index contributed by atoms with van der Waals surface area (Å²) in [5.41, 5.74) is 5.34. The van der Waals surface area contributed by atoms with Crippen molar-refractivity contribution >= 4 is 23.4 Å². The Bertz CT molecular complexity index is 461. The molecule has 1 heterocycles. The van der Waals surface area contributed by atoms with E-state index < -0.39 is 11.8 Å². The Labute approximate surface area is 108 Å². The van der Waals surface area contributed by atoms with Crippen molar-refractivity contribution in [3.05, 3.63) is 23.5 Å². The van der Waals surface area contributed by atoms with Crippen LogP contribution in [-0.4, -0.2) is 29.5 Å². The van der Waals surface area contributed by atoms with Gasteiger partial charge < -0.3 is 15.6 Å². The van der Waals surface area contributed by atoms with Crippen molar-refractivity contribution in [3.8, 4) is 0 Å². The smallest absolute Gasteiger partial charge is 0.337 e. The molecule has 2 rings (SSSR count). The molecule has 6 heteroatoms. The number of ether oxygens (including phenoxy) is 1. The minimum Gasteiger partial charge on any atom is -0.478 e. The second-order valence-electron chi connectivity index (χ2n) is 4.12. The standard InChI is InChI=1S/C12H14FNO3S/c13-9-5-10(14)8(12(15)16)4-11(9)18-6-7-2-1-3-17-7/h4-5,7H,1-3,6,14H2,(H,15,16). The van der Waals surface area contributed by atoms with Crippen LogP contribution in [0.3, 0.4) is 0 Å². The SMILES string of the molecule is Nc1cc(F)c(SCC2CCCO2)cc1C(=O)O. The predicted octanol–water partition coefficient (Wildman–Crippen LogP) is 2.38. The van der Waals surface area contributed by atoms with Crippen LogP contribution < -0.4 is 5.73 Å². The Hall–Kier alpha value is -1.27. The molecule has 0 saturated carbocycles. The van der Waals surface area contributed by atoms with Gasteiger partial charge in [0.25, 0.3) is 0 Å². The lowest BCUT2D eigenvalue weighted by Gasteiger charge is -2.10. The fourth-order valence-electron chi connectivity index (χ4n) is 1.82. The Morgan fingerprint density at radius 2 is 2.39 bits per heavy atom. The molecule has 0 aliphatic carbocycles. The van der Waals surface area contributed by atoms with Crippen LogP contribution in [-0.2, 0) is 4.74 Å². The molecule has 1 aliphatic rings. The van der Waals surface area contributed by atoms with Gasteiger partial charge >= 0.3 is 5.97 Å². The van der Waals surface area contributed by atoms with E-state index in [0.717, 1.165) is 25.5 Å². The summed E-state index contributed by atoms with van der Waals surface area (Å²) in [5, 5.41) is 8.92. The number of nitrogen functional groups attached to an aromatic ring is 1. The van der Waals surface area contributed by atoms with Gasteiger partial charge in [-0.15, -0.1) is 11.8 Å². The average molecular weight is 271 g/mol. The van der Waals surface area contributed by atoms with Crippen LogP contribution >= 0.6 is 11.8 Å². The highest BCUT2D eigenvalue weighted by Gasteiger charge is 2.18. The Kier molecular flexibility index (Phi) is 4.08. The second-order valence-corrected chi connectivity index (χ2v) is 5.18. The lowest BCUT2D eigenvalue weighted by molar-refractivity contribution is 0.0697. The molecule has 4 nitrogen and oxygen atoms in total. The zero-order valence-corrected chi connectivity index (χ0v) is 10.5. The lowest BCUT2D eigenvalue weighted by Crippen LogP contribution is -2.09. The highest BCUT2D eigenvalue weighted by molar-refractivity contribution is 7.99. The number of rotatable bonds is 4. The molecule has 3 N–H and O–H groups in total. The van der Waals surface area contributed by atoms with Crippen molar-refractivity contribution in [1.29, 1.82) is 0 Å². The van der Waals surface area contributed by atoms with Crippen molar-refractivity contribution in [3.63, 3.8) is 0 Å². The Morgan fingerprint density at radius 1 is 1.61 bits per heavy atom. The number of benzene rings is 1. The Balaban J connectivity index is 2.11. The molecule has 1 fully saturated rings. The number of carboxylic acids is 1. The number of hydrogen-bond acceptors (Lipinski definition) is 4. The van der Waals surface area contributed by atoms with Crippen LogP contribution in [0.4, 0.5) is 10.1 Å². The minimum atomic E-state index is -1.15. The van der Waals surface area contributed by atoms with Gasteiger partial charge in [-0.25, -0.2) is 9.18 Å². The maximum absolute atomic E-state index is 13.6. The zero-order chi connectivity index (χ0) is 13.1. The van der Waals surface area contributed by atoms with E-state index >= 15 is 0 Å². The number of hydrogen-bond donors (Lipinski definition) is 2. The zero-order valence-electron chi connectivity index (χ0n) is 9.69. The van der Waals surface area contributed by atoms with Crippen molar-refractivity contribution in [1.82, 2.24) is 0 Å². The number of halogens is 1. The average Bonchev–Trinajstić information content (AvgIpc) is 2.80. The van der Waals surface area contributed by atoms with E-state index in [1.165, 1.54) is 17.8 Å². The van der Waals surface area contributed by atoms with Gasteiger partial charge in [0.05, 0.1) is 11.7 Å². The van der Waals surface area contributed by atoms with Crippen LogP contribution in [0.5, 0.6) is 0 Å². The first-order valence-corrected chi connectivity index (χ1v) is 6.63. The summed E-state index contributed by atoms with van der Waals surface area (Å²) in [6.45, 7) is 0.746. The van der Waals surface area contributed by atoms with E-state index in [1.54, 1.807) is 0 Å². The molecular weight excluding hydrogens is 257 g/mol. The van der Waals surface area contributed by atoms with E-state index in [2.05, 4.69) is 0 Å². The fraction of sp³-hybridized carbons (Fsp3) is 0.417. The van der Waals surface area contributed by atoms with E-state index in [1.807, 2.05) is 0 Å². The summed E-state index contributed by atoms with van der Waals surface area (Å²) in [7, 11) is 0. The summed E-state index contributed by atoms with van der Waals surface area (Å²) in [4.78, 5) is 11.2. The summed E-state index contributed by atoms with van der Waals surface area (Å²) < 4.78 is 19.1. The molecule has 0 amide bonds. The van der Waals surface area contributed by atoms with Gasteiger partial charge in [-0.2, -0.15) is 0 Å². The first-order valence-electron chi connectivity index (χ1n) is 5.64. The van der Waals surface area contributed by atoms with Gasteiger partial charge in [0.2, 0.25) is 0 Å². The molecule has 1 aliphatic heterocycles. The summed E-state index contributed by atoms with van der Waals surface area (Å²) in [6, 6.07) is 2.34. The van der Waals surface area contributed by atoms with Crippen molar-refractivity contribution < 1.29 is 19.0 Å². The van der Waals surface area contributed by atoms with Crippen LogP contribution in [0, 0.1) is 5.82 Å². The predicted molar refractivity (Wildman–Crippen MR) is 67.5 cm³/mol. The molecule has 1 atom stereocenters. The molecule has 0 aromatic heterocycles. The molecule has 1 aromatic carbocycles. The largest absolute Gasteiger partial charge is 0.478 e. The third-order valence-corrected chi connectivity index (χ3v) is 3.95. The van der Waals surface area contributed by atoms with E-state index in [-0.39, 0.29) is 17.4 Å². The minimum absolute atomic E-state index is 0.0542. The highest BCUT2D eigenvalue weighted by Crippen LogP contribution is 2.29. The van der Waals surface area contributed by atoms with E-state index in [4.69, 9.17) is 15.6 Å². The number of aromatic carboxylic acids is 1. The third kappa shape index (κ3) is 2.94. The van der Waals surface area contributed by atoms with Gasteiger partial charge in [-0.1, -0.05) is 0 Å². The van der Waals surface area contributed by atoms with Crippen molar-refractivity contribution in [2.45, 2.75) is 23.8 Å². The van der Waals surface area contributed by atoms with E-state index in [9.17, 15) is 9.18 Å². The Morgan fingerprint density at radius 3 is 3.00 bits per heavy atom. The van der Waals surface area contributed by atoms with Crippen molar-refractivity contribution in [2.24, 2.45) is 0 Å². The molecule has 0 spiro atoms. The van der Waals surface area contributed by atoms with Gasteiger partial charge in [0, 0.05) is 22.9 Å². The highest BCUT2D eigenvalue weighted by atomic mass is 32.2. The fourth-order valence-corrected chi connectivity index (χ4v) is 2.85. The topological polar surface area (TPSA) is 72.5 Å². The van der Waals surface area contributed by atoms with Crippen LogP contribution in [0.2, 0.25) is 0 Å². The maximum atomic E-state index is 13.6. The van der Waals surface area contributed by atoms with Gasteiger partial charge in [0.15, 0.2) is 0 Å². The molecule has 0 radical (unpaired) electrons. The molecule has 18 heavy (non-hydrogen) atoms. The summed E-state index contributed by atoms with van der Waals surface area (Å²) in [6.07, 6.45) is 2.12. The summed E-state index contributed by atoms with van der Waals surface area (Å²) >= 11 is 1.27. The first-order chi connectivity index (χ1) is 8.58. The number of carbonyl (C=O) groups is 1. The maximum Gasteiger partial charge on any atom is 0.337 e. The van der Waals surface area contributed by atoms with Crippen LogP contribution in [0.25, 0.3) is 0 Å². The molecule has 1 aromatic rings. The number of nitrogens with two attached hydrogens (primary N) is 1. The molecule has 1 saturated heterocycles.